The van der Waals surface area contributed by atoms with E-state index in [-0.39, 0.29) is 17.4 Å². The van der Waals surface area contributed by atoms with Crippen LogP contribution in [-0.2, 0) is 37.4 Å². The molecular formula is C24H26ClN3O4. The molecular weight excluding hydrogens is 430 g/mol. The molecule has 0 aliphatic carbocycles. The van der Waals surface area contributed by atoms with Crippen molar-refractivity contribution in [2.24, 2.45) is 0 Å². The van der Waals surface area contributed by atoms with E-state index < -0.39 is 0 Å². The largest absolute Gasteiger partial charge is 0.508 e. The number of aromatic nitrogens is 1. The lowest BCUT2D eigenvalue weighted by molar-refractivity contribution is 0.0914. The average molecular weight is 456 g/mol. The van der Waals surface area contributed by atoms with Crippen molar-refractivity contribution in [3.05, 3.63) is 81.0 Å². The number of nitrogens with zero attached hydrogens (tertiary/aromatic N) is 2. The molecule has 0 saturated carbocycles. The molecule has 8 heteroatoms. The topological polar surface area (TPSA) is 87.8 Å². The number of furan rings is 1. The van der Waals surface area contributed by atoms with Crippen LogP contribution in [0.4, 0.5) is 0 Å². The van der Waals surface area contributed by atoms with E-state index in [1.54, 1.807) is 37.4 Å². The first-order valence-electron chi connectivity index (χ1n) is 10.5. The molecule has 0 fully saturated rings. The van der Waals surface area contributed by atoms with Crippen LogP contribution in [0.5, 0.6) is 5.75 Å². The summed E-state index contributed by atoms with van der Waals surface area (Å²) < 4.78 is 10.5. The molecule has 3 heterocycles. The predicted octanol–water partition coefficient (Wildman–Crippen LogP) is 3.98. The van der Waals surface area contributed by atoms with Crippen LogP contribution in [0.15, 0.2) is 40.9 Å². The molecule has 4 rings (SSSR count). The number of hydrogen-bond donors (Lipinski definition) is 2. The third-order valence-corrected chi connectivity index (χ3v) is 5.94. The number of carbonyl (C=O) groups is 1. The zero-order valence-corrected chi connectivity index (χ0v) is 18.9. The van der Waals surface area contributed by atoms with E-state index in [1.165, 1.54) is 5.56 Å². The van der Waals surface area contributed by atoms with Crippen molar-refractivity contribution in [3.63, 3.8) is 0 Å². The second-order valence-electron chi connectivity index (χ2n) is 7.94. The molecule has 2 N–H and O–H groups in total. The van der Waals surface area contributed by atoms with Crippen LogP contribution in [0.1, 0.15) is 44.3 Å². The number of ether oxygens (including phenoxy) is 1. The highest BCUT2D eigenvalue weighted by Gasteiger charge is 2.22. The minimum atomic E-state index is -0.266. The van der Waals surface area contributed by atoms with Gasteiger partial charge in [0.1, 0.15) is 18.1 Å². The third kappa shape index (κ3) is 4.96. The van der Waals surface area contributed by atoms with E-state index in [1.807, 2.05) is 13.1 Å². The van der Waals surface area contributed by atoms with E-state index in [0.717, 1.165) is 35.3 Å². The van der Waals surface area contributed by atoms with Gasteiger partial charge in [0.25, 0.3) is 5.91 Å². The monoisotopic (exact) mass is 455 g/mol. The van der Waals surface area contributed by atoms with Crippen LogP contribution < -0.4 is 5.32 Å². The second-order valence-corrected chi connectivity index (χ2v) is 8.38. The maximum Gasteiger partial charge on any atom is 0.287 e. The highest BCUT2D eigenvalue weighted by molar-refractivity contribution is 6.30. The Hall–Kier alpha value is -2.87. The van der Waals surface area contributed by atoms with Crippen molar-refractivity contribution < 1.29 is 19.1 Å². The Balaban J connectivity index is 1.45. The van der Waals surface area contributed by atoms with Crippen molar-refractivity contribution in [3.8, 4) is 5.75 Å². The van der Waals surface area contributed by atoms with Crippen LogP contribution in [-0.4, -0.2) is 34.6 Å². The van der Waals surface area contributed by atoms with Crippen molar-refractivity contribution in [1.82, 2.24) is 15.2 Å². The van der Waals surface area contributed by atoms with E-state index in [0.29, 0.717) is 37.0 Å². The molecule has 32 heavy (non-hydrogen) atoms. The fraction of sp³-hybridized carbons (Fsp3) is 0.333. The molecule has 1 amide bonds. The number of pyridine rings is 1. The van der Waals surface area contributed by atoms with Gasteiger partial charge in [-0.05, 0) is 60.4 Å². The van der Waals surface area contributed by atoms with Crippen molar-refractivity contribution in [2.75, 3.05) is 13.7 Å². The number of benzene rings is 1. The quantitative estimate of drug-likeness (QED) is 0.560. The number of methoxy groups -OCH3 is 1. The summed E-state index contributed by atoms with van der Waals surface area (Å²) in [5.41, 5.74) is 5.12. The summed E-state index contributed by atoms with van der Waals surface area (Å²) in [6.45, 7) is 4.83. The van der Waals surface area contributed by atoms with Crippen LogP contribution in [0, 0.1) is 6.92 Å². The number of hydrogen-bond acceptors (Lipinski definition) is 6. The Morgan fingerprint density at radius 2 is 2.19 bits per heavy atom. The molecule has 2 aromatic heterocycles. The number of halogens is 1. The number of amides is 1. The molecule has 168 valence electrons. The van der Waals surface area contributed by atoms with Crippen molar-refractivity contribution in [1.29, 1.82) is 0 Å². The average Bonchev–Trinajstić information content (AvgIpc) is 3.24. The molecule has 3 aromatic rings. The maximum atomic E-state index is 12.5. The maximum absolute atomic E-state index is 12.5. The molecule has 0 spiro atoms. The minimum Gasteiger partial charge on any atom is -0.508 e. The Labute approximate surface area is 192 Å². The fourth-order valence-electron chi connectivity index (χ4n) is 4.05. The number of aromatic hydroxyl groups is 1. The van der Waals surface area contributed by atoms with Crippen molar-refractivity contribution >= 4 is 17.5 Å². The van der Waals surface area contributed by atoms with Gasteiger partial charge in [0.2, 0.25) is 0 Å². The molecule has 1 aliphatic heterocycles. The first kappa shape index (κ1) is 22.3. The highest BCUT2D eigenvalue weighted by Crippen LogP contribution is 2.28. The van der Waals surface area contributed by atoms with Gasteiger partial charge in [-0.25, -0.2) is 0 Å². The predicted molar refractivity (Wildman–Crippen MR) is 121 cm³/mol. The summed E-state index contributed by atoms with van der Waals surface area (Å²) >= 11 is 6.09. The number of carbonyl (C=O) groups excluding carboxylic acids is 1. The van der Waals surface area contributed by atoms with Gasteiger partial charge in [-0.3, -0.25) is 14.7 Å². The molecule has 7 nitrogen and oxygen atoms in total. The fourth-order valence-corrected chi connectivity index (χ4v) is 4.24. The number of rotatable bonds is 7. The van der Waals surface area contributed by atoms with E-state index >= 15 is 0 Å². The summed E-state index contributed by atoms with van der Waals surface area (Å²) in [7, 11) is 1.58. The summed E-state index contributed by atoms with van der Waals surface area (Å²) in [6, 6.07) is 8.49. The molecule has 0 saturated heterocycles. The second kappa shape index (κ2) is 9.73. The first-order chi connectivity index (χ1) is 15.4. The Kier molecular flexibility index (Phi) is 6.79. The van der Waals surface area contributed by atoms with E-state index in [2.05, 4.69) is 15.2 Å². The lowest BCUT2D eigenvalue weighted by Gasteiger charge is -2.30. The summed E-state index contributed by atoms with van der Waals surface area (Å²) in [4.78, 5) is 19.3. The third-order valence-electron chi connectivity index (χ3n) is 5.71. The van der Waals surface area contributed by atoms with Gasteiger partial charge < -0.3 is 19.6 Å². The molecule has 0 unspecified atom stereocenters. The number of phenolic OH excluding ortho intramolecular Hbond substituents is 1. The van der Waals surface area contributed by atoms with E-state index in [9.17, 15) is 9.90 Å². The van der Waals surface area contributed by atoms with Gasteiger partial charge in [-0.15, -0.1) is 0 Å². The lowest BCUT2D eigenvalue weighted by Crippen LogP contribution is -2.32. The van der Waals surface area contributed by atoms with Gasteiger partial charge in [0, 0.05) is 55.8 Å². The summed E-state index contributed by atoms with van der Waals surface area (Å²) in [5, 5.41) is 13.7. The van der Waals surface area contributed by atoms with E-state index in [4.69, 9.17) is 20.8 Å². The zero-order chi connectivity index (χ0) is 22.7. The highest BCUT2D eigenvalue weighted by atomic mass is 35.5. The van der Waals surface area contributed by atoms with Gasteiger partial charge in [-0.2, -0.15) is 0 Å². The number of fused-ring (bicyclic) bond motifs is 1. The Bertz CT molecular complexity index is 1130. The van der Waals surface area contributed by atoms with Crippen LogP contribution in [0.2, 0.25) is 5.02 Å². The molecule has 1 aromatic carbocycles. The minimum absolute atomic E-state index is 0.247. The SMILES string of the molecule is COCc1ccc(C(=O)NCc2c(C)ncc3c2CCN(Cc2cc(Cl)ccc2O)C3)o1. The molecule has 0 radical (unpaired) electrons. The lowest BCUT2D eigenvalue weighted by atomic mass is 9.94. The standard InChI is InChI=1S/C24H26ClN3O4/c1-15-21(11-27-24(30)23-6-4-19(32-23)14-31-2)20-7-8-28(13-17(20)10-26-15)12-16-9-18(25)3-5-22(16)29/h3-6,9-10,29H,7-8,11-14H2,1-2H3,(H,27,30). The number of aryl methyl sites for hydroxylation is 1. The van der Waals surface area contributed by atoms with Gasteiger partial charge in [0.15, 0.2) is 5.76 Å². The van der Waals surface area contributed by atoms with Crippen LogP contribution in [0.3, 0.4) is 0 Å². The Morgan fingerprint density at radius 3 is 3.00 bits per heavy atom. The van der Waals surface area contributed by atoms with Gasteiger partial charge in [-0.1, -0.05) is 11.6 Å². The number of nitrogens with one attached hydrogen (secondary N) is 1. The van der Waals surface area contributed by atoms with Gasteiger partial charge in [0.05, 0.1) is 0 Å². The summed E-state index contributed by atoms with van der Waals surface area (Å²) in [6.07, 6.45) is 2.74. The number of phenols is 1. The van der Waals surface area contributed by atoms with Crippen LogP contribution in [0.25, 0.3) is 0 Å². The zero-order valence-electron chi connectivity index (χ0n) is 18.2. The molecule has 1 aliphatic rings. The molecule has 0 atom stereocenters. The van der Waals surface area contributed by atoms with Crippen LogP contribution >= 0.6 is 11.6 Å². The smallest absolute Gasteiger partial charge is 0.287 e. The summed E-state index contributed by atoms with van der Waals surface area (Å²) in [5.74, 6) is 0.855. The van der Waals surface area contributed by atoms with Gasteiger partial charge >= 0.3 is 0 Å². The Morgan fingerprint density at radius 1 is 1.34 bits per heavy atom. The molecule has 0 bridgehead atoms. The normalized spacial score (nSPS) is 13.7. The first-order valence-corrected chi connectivity index (χ1v) is 10.8. The van der Waals surface area contributed by atoms with Crippen molar-refractivity contribution in [2.45, 2.75) is 39.6 Å².